The maximum atomic E-state index is 14.2. The molecule has 25 heavy (non-hydrogen) atoms. The van der Waals surface area contributed by atoms with Crippen molar-refractivity contribution in [2.75, 3.05) is 6.16 Å². The van der Waals surface area contributed by atoms with Crippen LogP contribution in [0.5, 0.6) is 0 Å². The standard InChI is InChI=1S/C15H16F9P/c1-4-5-7(2)6-25(15(23,24)14(20,21)22)13-10(17)8(3)9(16)11(18)12(13)19/h7H,4-6H2,1-3H3. The summed E-state index contributed by atoms with van der Waals surface area (Å²) >= 11 is 0. The highest BCUT2D eigenvalue weighted by Crippen LogP contribution is 2.60. The molecule has 0 spiro atoms. The van der Waals surface area contributed by atoms with Crippen LogP contribution in [0.3, 0.4) is 0 Å². The fourth-order valence-electron chi connectivity index (χ4n) is 2.37. The Morgan fingerprint density at radius 1 is 0.880 bits per heavy atom. The van der Waals surface area contributed by atoms with Crippen LogP contribution in [0.15, 0.2) is 0 Å². The lowest BCUT2D eigenvalue weighted by molar-refractivity contribution is -0.240. The molecule has 0 radical (unpaired) electrons. The van der Waals surface area contributed by atoms with Gasteiger partial charge in [-0.3, -0.25) is 0 Å². The molecule has 144 valence electrons. The van der Waals surface area contributed by atoms with Crippen LogP contribution in [0.4, 0.5) is 39.5 Å². The molecule has 0 amide bonds. The van der Waals surface area contributed by atoms with E-state index < -0.39 is 66.0 Å². The molecule has 0 aliphatic carbocycles. The molecule has 0 N–H and O–H groups in total. The first-order valence-electron chi connectivity index (χ1n) is 7.32. The molecule has 0 saturated heterocycles. The topological polar surface area (TPSA) is 0 Å². The third-order valence-electron chi connectivity index (χ3n) is 3.69. The van der Waals surface area contributed by atoms with Gasteiger partial charge in [-0.2, -0.15) is 22.0 Å². The van der Waals surface area contributed by atoms with Gasteiger partial charge in [-0.25, -0.2) is 17.6 Å². The Labute approximate surface area is 140 Å². The quantitative estimate of drug-likeness (QED) is 0.230. The summed E-state index contributed by atoms with van der Waals surface area (Å²) in [4.78, 5) is 0. The van der Waals surface area contributed by atoms with Crippen molar-refractivity contribution in [2.24, 2.45) is 5.92 Å². The number of hydrogen-bond donors (Lipinski definition) is 0. The third-order valence-corrected chi connectivity index (χ3v) is 6.54. The normalized spacial score (nSPS) is 15.4. The molecule has 1 aromatic rings. The van der Waals surface area contributed by atoms with Crippen molar-refractivity contribution in [3.63, 3.8) is 0 Å². The zero-order chi connectivity index (χ0) is 19.7. The predicted molar refractivity (Wildman–Crippen MR) is 77.5 cm³/mol. The molecule has 2 unspecified atom stereocenters. The van der Waals surface area contributed by atoms with Crippen LogP contribution in [0, 0.1) is 36.1 Å². The highest BCUT2D eigenvalue weighted by atomic mass is 31.1. The van der Waals surface area contributed by atoms with Crippen molar-refractivity contribution in [3.8, 4) is 0 Å². The zero-order valence-corrected chi connectivity index (χ0v) is 14.4. The van der Waals surface area contributed by atoms with Crippen molar-refractivity contribution >= 4 is 13.2 Å². The molecule has 0 fully saturated rings. The molecule has 0 heterocycles. The van der Waals surface area contributed by atoms with E-state index in [1.165, 1.54) is 6.92 Å². The molecular weight excluding hydrogens is 382 g/mol. The lowest BCUT2D eigenvalue weighted by Crippen LogP contribution is -2.40. The first-order valence-corrected chi connectivity index (χ1v) is 8.84. The Bertz CT molecular complexity index is 595. The Balaban J connectivity index is 3.65. The Kier molecular flexibility index (Phi) is 6.81. The highest BCUT2D eigenvalue weighted by Gasteiger charge is 2.63. The molecule has 0 aromatic heterocycles. The molecule has 1 rings (SSSR count). The van der Waals surface area contributed by atoms with Gasteiger partial charge in [0.15, 0.2) is 17.5 Å². The second-order valence-corrected chi connectivity index (χ2v) is 8.00. The van der Waals surface area contributed by atoms with E-state index in [0.717, 1.165) is 0 Å². The van der Waals surface area contributed by atoms with Gasteiger partial charge in [-0.15, -0.1) is 0 Å². The minimum absolute atomic E-state index is 0.235. The van der Waals surface area contributed by atoms with Crippen molar-refractivity contribution in [3.05, 3.63) is 28.8 Å². The number of rotatable bonds is 6. The minimum Gasteiger partial charge on any atom is -0.206 e. The van der Waals surface area contributed by atoms with Crippen molar-refractivity contribution in [1.29, 1.82) is 0 Å². The lowest BCUT2D eigenvalue weighted by atomic mass is 10.1. The summed E-state index contributed by atoms with van der Waals surface area (Å²) in [5.74, 6) is -9.18. The van der Waals surface area contributed by atoms with Crippen LogP contribution >= 0.6 is 7.92 Å². The van der Waals surface area contributed by atoms with Crippen LogP contribution in [0.1, 0.15) is 32.3 Å². The van der Waals surface area contributed by atoms with E-state index in [4.69, 9.17) is 0 Å². The van der Waals surface area contributed by atoms with Gasteiger partial charge in [0.1, 0.15) is 5.82 Å². The van der Waals surface area contributed by atoms with Crippen LogP contribution in [0.2, 0.25) is 0 Å². The van der Waals surface area contributed by atoms with Gasteiger partial charge in [-0.05, 0) is 19.0 Å². The number of benzene rings is 1. The molecule has 0 bridgehead atoms. The lowest BCUT2D eigenvalue weighted by Gasteiger charge is -2.32. The van der Waals surface area contributed by atoms with Crippen molar-refractivity contribution in [1.82, 2.24) is 0 Å². The van der Waals surface area contributed by atoms with Gasteiger partial charge in [0.25, 0.3) is 0 Å². The Morgan fingerprint density at radius 3 is 1.84 bits per heavy atom. The largest absolute Gasteiger partial charge is 0.457 e. The summed E-state index contributed by atoms with van der Waals surface area (Å²) in [6, 6.07) is 0. The molecule has 0 aliphatic rings. The molecule has 10 heteroatoms. The van der Waals surface area contributed by atoms with E-state index in [2.05, 4.69) is 0 Å². The van der Waals surface area contributed by atoms with Crippen LogP contribution < -0.4 is 5.30 Å². The summed E-state index contributed by atoms with van der Waals surface area (Å²) in [6.45, 7) is 3.66. The van der Waals surface area contributed by atoms with E-state index in [1.807, 2.05) is 0 Å². The zero-order valence-electron chi connectivity index (χ0n) is 13.5. The maximum Gasteiger partial charge on any atom is 0.457 e. The van der Waals surface area contributed by atoms with E-state index in [0.29, 0.717) is 13.3 Å². The van der Waals surface area contributed by atoms with E-state index in [9.17, 15) is 39.5 Å². The van der Waals surface area contributed by atoms with Crippen LogP contribution in [0.25, 0.3) is 0 Å². The minimum atomic E-state index is -6.08. The number of hydrogen-bond acceptors (Lipinski definition) is 0. The fraction of sp³-hybridized carbons (Fsp3) is 0.600. The maximum absolute atomic E-state index is 14.2. The Morgan fingerprint density at radius 2 is 1.40 bits per heavy atom. The number of halogens is 9. The second-order valence-electron chi connectivity index (χ2n) is 5.77. The monoisotopic (exact) mass is 398 g/mol. The van der Waals surface area contributed by atoms with E-state index in [1.54, 1.807) is 6.92 Å². The van der Waals surface area contributed by atoms with Crippen molar-refractivity contribution < 1.29 is 39.5 Å². The smallest absolute Gasteiger partial charge is 0.206 e. The number of alkyl halides is 5. The molecule has 1 aromatic carbocycles. The Hall–Kier alpha value is -0.980. The summed E-state index contributed by atoms with van der Waals surface area (Å²) < 4.78 is 121. The summed E-state index contributed by atoms with van der Waals surface area (Å²) in [7, 11) is -3.84. The highest BCUT2D eigenvalue weighted by molar-refractivity contribution is 7.66. The van der Waals surface area contributed by atoms with Gasteiger partial charge in [0.05, 0.1) is 5.30 Å². The average molecular weight is 398 g/mol. The van der Waals surface area contributed by atoms with Crippen LogP contribution in [-0.2, 0) is 0 Å². The predicted octanol–water partition coefficient (Wildman–Crippen LogP) is 6.25. The fourth-order valence-corrected chi connectivity index (χ4v) is 4.91. The van der Waals surface area contributed by atoms with Crippen molar-refractivity contribution in [2.45, 2.75) is 45.5 Å². The van der Waals surface area contributed by atoms with Gasteiger partial charge in [0.2, 0.25) is 0 Å². The molecule has 0 saturated carbocycles. The van der Waals surface area contributed by atoms with E-state index >= 15 is 0 Å². The first-order chi connectivity index (χ1) is 11.3. The van der Waals surface area contributed by atoms with Gasteiger partial charge in [0, 0.05) is 13.5 Å². The van der Waals surface area contributed by atoms with Gasteiger partial charge < -0.3 is 0 Å². The molecule has 2 atom stereocenters. The van der Waals surface area contributed by atoms with Crippen LogP contribution in [-0.4, -0.2) is 18.0 Å². The third kappa shape index (κ3) is 4.23. The first kappa shape index (κ1) is 22.1. The molecular formula is C15H16F9P. The molecule has 0 aliphatic heterocycles. The average Bonchev–Trinajstić information content (AvgIpc) is 2.49. The molecule has 0 nitrogen and oxygen atoms in total. The second kappa shape index (κ2) is 7.72. The summed E-state index contributed by atoms with van der Waals surface area (Å²) in [6.07, 6.45) is -6.28. The summed E-state index contributed by atoms with van der Waals surface area (Å²) in [5, 5.41) is -1.71. The summed E-state index contributed by atoms with van der Waals surface area (Å²) in [5.41, 5.74) is -6.59. The van der Waals surface area contributed by atoms with Gasteiger partial charge >= 0.3 is 11.8 Å². The SMILES string of the molecule is CCCC(C)CP(c1c(F)c(C)c(F)c(F)c1F)C(F)(F)C(F)(F)F. The van der Waals surface area contributed by atoms with Gasteiger partial charge in [-0.1, -0.05) is 26.7 Å². The van der Waals surface area contributed by atoms with E-state index in [-0.39, 0.29) is 6.42 Å².